The van der Waals surface area contributed by atoms with Gasteiger partial charge in [0.15, 0.2) is 5.84 Å². The van der Waals surface area contributed by atoms with Crippen LogP contribution in [0.2, 0.25) is 0 Å². The minimum atomic E-state index is -1.13. The number of benzene rings is 1. The van der Waals surface area contributed by atoms with E-state index in [9.17, 15) is 5.11 Å². The highest BCUT2D eigenvalue weighted by molar-refractivity contribution is 5.88. The van der Waals surface area contributed by atoms with Gasteiger partial charge in [-0.3, -0.25) is 0 Å². The first-order valence-electron chi connectivity index (χ1n) is 4.64. The van der Waals surface area contributed by atoms with Crippen LogP contribution in [0.1, 0.15) is 19.4 Å². The van der Waals surface area contributed by atoms with Crippen molar-refractivity contribution in [3.8, 4) is 0 Å². The lowest BCUT2D eigenvalue weighted by atomic mass is 10.1. The molecule has 1 aromatic carbocycles. The van der Waals surface area contributed by atoms with E-state index in [-0.39, 0.29) is 5.84 Å². The lowest BCUT2D eigenvalue weighted by Crippen LogP contribution is -2.37. The second kappa shape index (κ2) is 4.70. The van der Waals surface area contributed by atoms with Crippen LogP contribution >= 0.6 is 0 Å². The Labute approximate surface area is 89.2 Å². The second-order valence-electron chi connectivity index (χ2n) is 3.70. The van der Waals surface area contributed by atoms with Gasteiger partial charge in [-0.05, 0) is 19.4 Å². The zero-order valence-electron chi connectivity index (χ0n) is 8.88. The van der Waals surface area contributed by atoms with E-state index < -0.39 is 5.60 Å². The minimum Gasteiger partial charge on any atom is -0.383 e. The molecule has 0 fully saturated rings. The maximum atomic E-state index is 9.45. The van der Waals surface area contributed by atoms with E-state index in [0.717, 1.165) is 5.56 Å². The first-order valence-corrected chi connectivity index (χ1v) is 4.64. The molecule has 0 atom stereocenters. The van der Waals surface area contributed by atoms with E-state index in [1.807, 2.05) is 30.3 Å². The third kappa shape index (κ3) is 3.91. The summed E-state index contributed by atoms with van der Waals surface area (Å²) in [6.45, 7) is 3.12. The van der Waals surface area contributed by atoms with Crippen LogP contribution in [-0.2, 0) is 0 Å². The first kappa shape index (κ1) is 11.4. The Balaban J connectivity index is 2.69. The summed E-state index contributed by atoms with van der Waals surface area (Å²) in [4.78, 5) is 0. The van der Waals surface area contributed by atoms with Gasteiger partial charge in [0.1, 0.15) is 5.60 Å². The molecule has 0 heterocycles. The van der Waals surface area contributed by atoms with Crippen molar-refractivity contribution in [3.05, 3.63) is 35.9 Å². The molecule has 15 heavy (non-hydrogen) atoms. The Bertz CT molecular complexity index is 363. The molecule has 1 rings (SSSR count). The van der Waals surface area contributed by atoms with Crippen LogP contribution < -0.4 is 5.73 Å². The summed E-state index contributed by atoms with van der Waals surface area (Å²) in [5.74, 6) is 0.0923. The van der Waals surface area contributed by atoms with Crippen LogP contribution in [0.4, 0.5) is 0 Å². The number of rotatable bonds is 3. The van der Waals surface area contributed by atoms with Crippen LogP contribution in [0.3, 0.4) is 0 Å². The van der Waals surface area contributed by atoms with Crippen molar-refractivity contribution in [2.45, 2.75) is 19.4 Å². The average Bonchev–Trinajstić information content (AvgIpc) is 2.18. The zero-order valence-corrected chi connectivity index (χ0v) is 8.88. The number of nitrogens with zero attached hydrogens (tertiary/aromatic N) is 2. The Morgan fingerprint density at radius 1 is 1.33 bits per heavy atom. The Hall–Kier alpha value is -1.68. The zero-order chi connectivity index (χ0) is 11.3. The standard InChI is InChI=1S/C11H15N3O/c1-11(2,15)10(12)14-13-8-9-6-4-3-5-7-9/h3-8,15H,1-2H3,(H2,12,14)/b13-8+. The van der Waals surface area contributed by atoms with E-state index in [1.54, 1.807) is 20.1 Å². The molecule has 0 spiro atoms. The number of hydrogen-bond acceptors (Lipinski definition) is 3. The van der Waals surface area contributed by atoms with Crippen molar-refractivity contribution in [1.29, 1.82) is 0 Å². The summed E-state index contributed by atoms with van der Waals surface area (Å²) < 4.78 is 0. The molecule has 0 aliphatic rings. The van der Waals surface area contributed by atoms with E-state index in [1.165, 1.54) is 0 Å². The summed E-state index contributed by atoms with van der Waals surface area (Å²) in [7, 11) is 0. The minimum absolute atomic E-state index is 0.0923. The van der Waals surface area contributed by atoms with Gasteiger partial charge in [0.05, 0.1) is 6.21 Å². The molecule has 0 aliphatic heterocycles. The van der Waals surface area contributed by atoms with E-state index in [0.29, 0.717) is 0 Å². The number of hydrogen-bond donors (Lipinski definition) is 2. The fourth-order valence-corrected chi connectivity index (χ4v) is 0.819. The smallest absolute Gasteiger partial charge is 0.153 e. The Morgan fingerprint density at radius 2 is 1.93 bits per heavy atom. The van der Waals surface area contributed by atoms with Crippen molar-refractivity contribution in [3.63, 3.8) is 0 Å². The molecule has 1 aromatic rings. The molecule has 3 N–H and O–H groups in total. The molecular weight excluding hydrogens is 190 g/mol. The van der Waals surface area contributed by atoms with Crippen molar-refractivity contribution in [2.24, 2.45) is 15.9 Å². The van der Waals surface area contributed by atoms with Crippen molar-refractivity contribution in [2.75, 3.05) is 0 Å². The SMILES string of the molecule is CC(C)(O)/C(N)=N/N=C/c1ccccc1. The van der Waals surface area contributed by atoms with Crippen LogP contribution in [0.5, 0.6) is 0 Å². The molecule has 0 radical (unpaired) electrons. The van der Waals surface area contributed by atoms with Crippen LogP contribution in [-0.4, -0.2) is 22.8 Å². The van der Waals surface area contributed by atoms with Gasteiger partial charge < -0.3 is 10.8 Å². The first-order chi connectivity index (χ1) is 7.00. The maximum Gasteiger partial charge on any atom is 0.153 e. The van der Waals surface area contributed by atoms with Gasteiger partial charge in [0.25, 0.3) is 0 Å². The van der Waals surface area contributed by atoms with Crippen molar-refractivity contribution >= 4 is 12.1 Å². The van der Waals surface area contributed by atoms with Gasteiger partial charge >= 0.3 is 0 Å². The highest BCUT2D eigenvalue weighted by Gasteiger charge is 2.17. The quantitative estimate of drug-likeness (QED) is 0.441. The summed E-state index contributed by atoms with van der Waals surface area (Å²) in [5.41, 5.74) is 5.31. The van der Waals surface area contributed by atoms with E-state index in [4.69, 9.17) is 5.73 Å². The van der Waals surface area contributed by atoms with Gasteiger partial charge in [-0.15, -0.1) is 5.10 Å². The van der Waals surface area contributed by atoms with Gasteiger partial charge in [0.2, 0.25) is 0 Å². The van der Waals surface area contributed by atoms with Crippen molar-refractivity contribution < 1.29 is 5.11 Å². The molecular formula is C11H15N3O. The lowest BCUT2D eigenvalue weighted by molar-refractivity contribution is 0.152. The van der Waals surface area contributed by atoms with E-state index >= 15 is 0 Å². The Kier molecular flexibility index (Phi) is 3.57. The molecule has 0 aliphatic carbocycles. The van der Waals surface area contributed by atoms with Gasteiger partial charge in [-0.1, -0.05) is 30.3 Å². The number of nitrogens with two attached hydrogens (primary N) is 1. The van der Waals surface area contributed by atoms with Gasteiger partial charge in [-0.2, -0.15) is 5.10 Å². The number of amidine groups is 1. The molecule has 0 aromatic heterocycles. The normalized spacial score (nSPS) is 13.4. The third-order valence-corrected chi connectivity index (χ3v) is 1.80. The largest absolute Gasteiger partial charge is 0.383 e. The number of aliphatic hydroxyl groups is 1. The highest BCUT2D eigenvalue weighted by atomic mass is 16.3. The summed E-state index contributed by atoms with van der Waals surface area (Å²) in [6.07, 6.45) is 1.58. The van der Waals surface area contributed by atoms with Crippen LogP contribution in [0.15, 0.2) is 40.5 Å². The molecule has 4 heteroatoms. The van der Waals surface area contributed by atoms with Gasteiger partial charge in [-0.25, -0.2) is 0 Å². The monoisotopic (exact) mass is 205 g/mol. The summed E-state index contributed by atoms with van der Waals surface area (Å²) >= 11 is 0. The molecule has 0 bridgehead atoms. The molecule has 4 nitrogen and oxygen atoms in total. The fraction of sp³-hybridized carbons (Fsp3) is 0.273. The van der Waals surface area contributed by atoms with E-state index in [2.05, 4.69) is 10.2 Å². The second-order valence-corrected chi connectivity index (χ2v) is 3.70. The summed E-state index contributed by atoms with van der Waals surface area (Å²) in [5, 5.41) is 16.9. The molecule has 0 unspecified atom stereocenters. The Morgan fingerprint density at radius 3 is 2.47 bits per heavy atom. The molecule has 0 saturated carbocycles. The predicted octanol–water partition coefficient (Wildman–Crippen LogP) is 1.15. The topological polar surface area (TPSA) is 71.0 Å². The summed E-state index contributed by atoms with van der Waals surface area (Å²) in [6, 6.07) is 9.54. The van der Waals surface area contributed by atoms with Crippen LogP contribution in [0.25, 0.3) is 0 Å². The van der Waals surface area contributed by atoms with Crippen molar-refractivity contribution in [1.82, 2.24) is 0 Å². The molecule has 80 valence electrons. The van der Waals surface area contributed by atoms with Gasteiger partial charge in [0, 0.05) is 0 Å². The predicted molar refractivity (Wildman–Crippen MR) is 62.0 cm³/mol. The average molecular weight is 205 g/mol. The molecule has 0 amide bonds. The fourth-order valence-electron chi connectivity index (χ4n) is 0.819. The maximum absolute atomic E-state index is 9.45. The third-order valence-electron chi connectivity index (χ3n) is 1.80. The van der Waals surface area contributed by atoms with Crippen LogP contribution in [0, 0.1) is 0 Å². The highest BCUT2D eigenvalue weighted by Crippen LogP contribution is 2.00. The lowest BCUT2D eigenvalue weighted by Gasteiger charge is -2.14. The molecule has 0 saturated heterocycles.